The Morgan fingerprint density at radius 2 is 1.90 bits per heavy atom. The van der Waals surface area contributed by atoms with E-state index in [0.717, 1.165) is 5.56 Å². The van der Waals surface area contributed by atoms with Gasteiger partial charge >= 0.3 is 5.97 Å². The number of nitriles is 1. The van der Waals surface area contributed by atoms with Crippen molar-refractivity contribution in [3.8, 4) is 17.6 Å². The maximum Gasteiger partial charge on any atom is 0.335 e. The Morgan fingerprint density at radius 3 is 2.48 bits per heavy atom. The number of ether oxygens (including phenoxy) is 1. The predicted molar refractivity (Wildman–Crippen MR) is 107 cm³/mol. The number of carboxylic acid groups (broad SMARTS) is 1. The van der Waals surface area contributed by atoms with E-state index < -0.39 is 12.2 Å². The van der Waals surface area contributed by atoms with Crippen LogP contribution in [0.15, 0.2) is 54.1 Å². The van der Waals surface area contributed by atoms with Crippen LogP contribution in [-0.2, 0) is 0 Å². The molecule has 0 saturated carbocycles. The van der Waals surface area contributed by atoms with Crippen molar-refractivity contribution in [2.45, 2.75) is 13.2 Å². The second kappa shape index (κ2) is 7.09. The molecular weight excluding hydrogens is 392 g/mol. The van der Waals surface area contributed by atoms with Crippen LogP contribution < -0.4 is 10.5 Å². The van der Waals surface area contributed by atoms with Crippen LogP contribution in [0.3, 0.4) is 0 Å². The van der Waals surface area contributed by atoms with E-state index in [0.29, 0.717) is 39.0 Å². The van der Waals surface area contributed by atoms with Crippen LogP contribution in [0.4, 0.5) is 0 Å². The highest BCUT2D eigenvalue weighted by Gasteiger charge is 2.33. The van der Waals surface area contributed by atoms with Crippen molar-refractivity contribution in [2.24, 2.45) is 5.73 Å². The van der Waals surface area contributed by atoms with Gasteiger partial charge in [-0.05, 0) is 48.9 Å². The summed E-state index contributed by atoms with van der Waals surface area (Å²) in [7, 11) is 0. The first kappa shape index (κ1) is 18.7. The zero-order valence-electron chi connectivity index (χ0n) is 15.3. The average Bonchev–Trinajstić information content (AvgIpc) is 3.03. The van der Waals surface area contributed by atoms with Crippen LogP contribution in [-0.4, -0.2) is 27.1 Å². The number of hydrogen-bond donors (Lipinski definition) is 2. The molecule has 3 aromatic rings. The molecule has 0 spiro atoms. The van der Waals surface area contributed by atoms with Crippen LogP contribution in [0.2, 0.25) is 5.02 Å². The molecule has 1 unspecified atom stereocenters. The lowest BCUT2D eigenvalue weighted by molar-refractivity contribution is 0.0697. The molecule has 4 rings (SSSR count). The number of hydrogen-bond acceptors (Lipinski definition) is 5. The first-order chi connectivity index (χ1) is 13.9. The van der Waals surface area contributed by atoms with E-state index in [-0.39, 0.29) is 5.56 Å². The highest BCUT2D eigenvalue weighted by atomic mass is 35.5. The molecule has 0 bridgehead atoms. The zero-order chi connectivity index (χ0) is 20.7. The van der Waals surface area contributed by atoms with Crippen LogP contribution in [0.25, 0.3) is 11.3 Å². The molecule has 1 aliphatic rings. The standard InChI is InChI=1S/C21H15ClN4O3/c1-11-17-18(12-2-6-14(22)7-3-12)16(10-23)19(24)29-20(17)26(25-11)15-8-4-13(5-9-15)21(27)28/h2-9,19H,24H2,1H3,(H,27,28). The maximum absolute atomic E-state index is 11.1. The molecule has 29 heavy (non-hydrogen) atoms. The Bertz CT molecular complexity index is 1190. The van der Waals surface area contributed by atoms with Gasteiger partial charge < -0.3 is 9.84 Å². The largest absolute Gasteiger partial charge is 0.478 e. The van der Waals surface area contributed by atoms with Crippen molar-refractivity contribution in [1.29, 1.82) is 5.26 Å². The summed E-state index contributed by atoms with van der Waals surface area (Å²) < 4.78 is 7.41. The van der Waals surface area contributed by atoms with E-state index in [4.69, 9.17) is 27.2 Å². The van der Waals surface area contributed by atoms with E-state index in [1.165, 1.54) is 12.1 Å². The summed E-state index contributed by atoms with van der Waals surface area (Å²) in [6.07, 6.45) is -0.966. The van der Waals surface area contributed by atoms with E-state index in [2.05, 4.69) is 11.2 Å². The van der Waals surface area contributed by atoms with Gasteiger partial charge in [-0.2, -0.15) is 10.4 Å². The zero-order valence-corrected chi connectivity index (χ0v) is 16.0. The molecule has 0 aliphatic carbocycles. The van der Waals surface area contributed by atoms with E-state index >= 15 is 0 Å². The maximum atomic E-state index is 11.1. The van der Waals surface area contributed by atoms with Gasteiger partial charge in [0, 0.05) is 10.6 Å². The normalized spacial score (nSPS) is 15.4. The number of nitrogens with two attached hydrogens (primary N) is 1. The van der Waals surface area contributed by atoms with Crippen molar-refractivity contribution in [1.82, 2.24) is 9.78 Å². The Kier molecular flexibility index (Phi) is 4.59. The lowest BCUT2D eigenvalue weighted by Crippen LogP contribution is -2.33. The second-order valence-electron chi connectivity index (χ2n) is 6.48. The third-order valence-corrected chi connectivity index (χ3v) is 4.92. The van der Waals surface area contributed by atoms with Gasteiger partial charge in [0.05, 0.1) is 28.1 Å². The number of aryl methyl sites for hydroxylation is 1. The van der Waals surface area contributed by atoms with Crippen molar-refractivity contribution in [3.63, 3.8) is 0 Å². The molecule has 0 amide bonds. The van der Waals surface area contributed by atoms with Gasteiger partial charge in [0.2, 0.25) is 5.88 Å². The van der Waals surface area contributed by atoms with Crippen LogP contribution >= 0.6 is 11.6 Å². The number of aromatic carboxylic acids is 1. The Balaban J connectivity index is 1.92. The number of nitrogens with zero attached hydrogens (tertiary/aromatic N) is 3. The van der Waals surface area contributed by atoms with Gasteiger partial charge in [-0.3, -0.25) is 5.73 Å². The van der Waals surface area contributed by atoms with Gasteiger partial charge in [0.15, 0.2) is 6.23 Å². The summed E-state index contributed by atoms with van der Waals surface area (Å²) in [6, 6.07) is 15.5. The molecule has 0 fully saturated rings. The average molecular weight is 407 g/mol. The number of halogens is 1. The first-order valence-corrected chi connectivity index (χ1v) is 9.04. The number of fused-ring (bicyclic) bond motifs is 1. The van der Waals surface area contributed by atoms with E-state index in [1.54, 1.807) is 28.9 Å². The van der Waals surface area contributed by atoms with Gasteiger partial charge in [0.1, 0.15) is 6.07 Å². The lowest BCUT2D eigenvalue weighted by atomic mass is 9.91. The fourth-order valence-electron chi connectivity index (χ4n) is 3.31. The monoisotopic (exact) mass is 406 g/mol. The third kappa shape index (κ3) is 3.14. The van der Waals surface area contributed by atoms with E-state index in [9.17, 15) is 10.1 Å². The summed E-state index contributed by atoms with van der Waals surface area (Å²) in [5, 5.41) is 23.9. The predicted octanol–water partition coefficient (Wildman–Crippen LogP) is 3.54. The molecule has 1 aliphatic heterocycles. The molecule has 3 N–H and O–H groups in total. The fourth-order valence-corrected chi connectivity index (χ4v) is 3.44. The van der Waals surface area contributed by atoms with Crippen molar-refractivity contribution in [2.75, 3.05) is 0 Å². The number of carbonyl (C=O) groups is 1. The van der Waals surface area contributed by atoms with Crippen LogP contribution in [0, 0.1) is 18.3 Å². The number of benzene rings is 2. The molecule has 8 heteroatoms. The molecule has 0 saturated heterocycles. The van der Waals surface area contributed by atoms with Gasteiger partial charge in [-0.15, -0.1) is 0 Å². The molecular formula is C21H15ClN4O3. The quantitative estimate of drug-likeness (QED) is 0.687. The lowest BCUT2D eigenvalue weighted by Gasteiger charge is -2.24. The summed E-state index contributed by atoms with van der Waals surface area (Å²) in [5.41, 5.74) is 9.93. The summed E-state index contributed by atoms with van der Waals surface area (Å²) >= 11 is 6.01. The van der Waals surface area contributed by atoms with Crippen molar-refractivity contribution in [3.05, 3.63) is 81.5 Å². The Hall–Kier alpha value is -3.60. The molecule has 1 atom stereocenters. The first-order valence-electron chi connectivity index (χ1n) is 8.67. The minimum atomic E-state index is -1.01. The summed E-state index contributed by atoms with van der Waals surface area (Å²) in [4.78, 5) is 11.1. The SMILES string of the molecule is Cc1nn(-c2ccc(C(=O)O)cc2)c2c1C(c1ccc(Cl)cc1)=C(C#N)C(N)O2. The molecule has 2 aromatic carbocycles. The van der Waals surface area contributed by atoms with Gasteiger partial charge in [0.25, 0.3) is 0 Å². The second-order valence-corrected chi connectivity index (χ2v) is 6.91. The van der Waals surface area contributed by atoms with E-state index in [1.807, 2.05) is 19.1 Å². The molecule has 1 aromatic heterocycles. The third-order valence-electron chi connectivity index (χ3n) is 4.67. The number of aromatic nitrogens is 2. The number of rotatable bonds is 3. The molecule has 144 valence electrons. The topological polar surface area (TPSA) is 114 Å². The Labute approximate surface area is 171 Å². The van der Waals surface area contributed by atoms with Crippen LogP contribution in [0.1, 0.15) is 27.2 Å². The molecule has 0 radical (unpaired) electrons. The fraction of sp³-hybridized carbons (Fsp3) is 0.0952. The minimum absolute atomic E-state index is 0.164. The van der Waals surface area contributed by atoms with Crippen molar-refractivity contribution < 1.29 is 14.6 Å². The van der Waals surface area contributed by atoms with Crippen molar-refractivity contribution >= 4 is 23.1 Å². The summed E-state index contributed by atoms with van der Waals surface area (Å²) in [6.45, 7) is 1.81. The summed E-state index contributed by atoms with van der Waals surface area (Å²) in [5.74, 6) is -0.623. The van der Waals surface area contributed by atoms with Gasteiger partial charge in [-0.1, -0.05) is 23.7 Å². The Morgan fingerprint density at radius 1 is 1.24 bits per heavy atom. The smallest absolute Gasteiger partial charge is 0.335 e. The molecule has 7 nitrogen and oxygen atoms in total. The minimum Gasteiger partial charge on any atom is -0.478 e. The highest BCUT2D eigenvalue weighted by Crippen LogP contribution is 2.42. The number of carboxylic acids is 1. The molecule has 2 heterocycles. The highest BCUT2D eigenvalue weighted by molar-refractivity contribution is 6.30. The van der Waals surface area contributed by atoms with Gasteiger partial charge in [-0.25, -0.2) is 9.48 Å². The van der Waals surface area contributed by atoms with Crippen LogP contribution in [0.5, 0.6) is 5.88 Å².